The van der Waals surface area contributed by atoms with E-state index in [0.29, 0.717) is 5.92 Å². The van der Waals surface area contributed by atoms with Crippen LogP contribution in [0.15, 0.2) is 199 Å². The summed E-state index contributed by atoms with van der Waals surface area (Å²) in [6.45, 7) is 9.34. The summed E-state index contributed by atoms with van der Waals surface area (Å²) < 4.78 is 0. The van der Waals surface area contributed by atoms with Crippen molar-refractivity contribution in [3.05, 3.63) is 261 Å². The fourth-order valence-electron chi connectivity index (χ4n) is 11.7. The standard InChI is InChI=1S/C70H65N/c1-49(2)18-14-15-26-65-61-44-41-56(47-66(61)60-25-16-17-27-64(60)69(65)55-19-8-5-9-20-55)54-39-36-52(37-40-54)33-32-50-28-30-51(31-29-50)34-35-53-38-43-62-63-45-42-59(48-68(63)70(3,4)67(62)46-53)71(57-21-10-6-11-22-57)58-23-12-7-13-24-58/h5-8,10-14,16-19,21-25,27-40,43,46-49H,9,15,20,26,41-42,44-45H2,1-4H3/b18-14-,33-32+,35-34+. The maximum atomic E-state index is 2.52. The highest BCUT2D eigenvalue weighted by molar-refractivity contribution is 6.04. The molecule has 0 unspecified atom stereocenters. The summed E-state index contributed by atoms with van der Waals surface area (Å²) >= 11 is 0. The van der Waals surface area contributed by atoms with Gasteiger partial charge in [0.1, 0.15) is 0 Å². The molecular weight excluding hydrogens is 855 g/mol. The predicted octanol–water partition coefficient (Wildman–Crippen LogP) is 19.1. The van der Waals surface area contributed by atoms with Gasteiger partial charge in [-0.25, -0.2) is 0 Å². The molecule has 0 radical (unpaired) electrons. The maximum Gasteiger partial charge on any atom is 0.0458 e. The van der Waals surface area contributed by atoms with Crippen LogP contribution < -0.4 is 4.90 Å². The van der Waals surface area contributed by atoms with Gasteiger partial charge in [0.25, 0.3) is 0 Å². The highest BCUT2D eigenvalue weighted by Gasteiger charge is 2.39. The minimum Gasteiger partial charge on any atom is -0.314 e. The SMILES string of the molecule is CC(C)/C=C\CCc1c2c(c3ccccc3c1C1=CC=CCC1)C=C(c1ccc(/C=C/c3ccc(/C=C/c4ccc5c(c4)C(C)(C)C4=C5CCC(N(c5ccccc5)c5ccccc5)=C4)cc3)cc1)CC2. The minimum atomic E-state index is -0.0906. The summed E-state index contributed by atoms with van der Waals surface area (Å²) in [5.74, 6) is 0.575. The number of nitrogens with zero attached hydrogens (tertiary/aromatic N) is 1. The third-order valence-electron chi connectivity index (χ3n) is 15.3. The lowest BCUT2D eigenvalue weighted by Gasteiger charge is -2.32. The highest BCUT2D eigenvalue weighted by atomic mass is 15.1. The summed E-state index contributed by atoms with van der Waals surface area (Å²) in [6.07, 6.45) is 34.2. The van der Waals surface area contributed by atoms with Crippen molar-refractivity contribution < 1.29 is 0 Å². The molecule has 0 aliphatic heterocycles. The first-order valence-corrected chi connectivity index (χ1v) is 26.1. The van der Waals surface area contributed by atoms with Gasteiger partial charge in [-0.15, -0.1) is 0 Å². The molecule has 0 aromatic heterocycles. The molecule has 0 saturated heterocycles. The number of hydrogen-bond acceptors (Lipinski definition) is 1. The topological polar surface area (TPSA) is 3.24 Å². The molecule has 0 heterocycles. The van der Waals surface area contributed by atoms with E-state index in [0.717, 1.165) is 51.4 Å². The molecule has 0 spiro atoms. The molecule has 11 rings (SSSR count). The molecule has 7 aromatic carbocycles. The first-order chi connectivity index (χ1) is 34.8. The molecule has 350 valence electrons. The molecule has 1 nitrogen and oxygen atoms in total. The van der Waals surface area contributed by atoms with E-state index in [-0.39, 0.29) is 5.41 Å². The molecule has 0 saturated carbocycles. The van der Waals surface area contributed by atoms with E-state index in [1.54, 1.807) is 11.1 Å². The van der Waals surface area contributed by atoms with Crippen LogP contribution in [0.4, 0.5) is 11.4 Å². The van der Waals surface area contributed by atoms with Crippen LogP contribution in [0.2, 0.25) is 0 Å². The summed E-state index contributed by atoms with van der Waals surface area (Å²) in [4.78, 5) is 2.44. The second-order valence-electron chi connectivity index (χ2n) is 20.8. The van der Waals surface area contributed by atoms with E-state index in [4.69, 9.17) is 0 Å². The normalized spacial score (nSPS) is 16.2. The van der Waals surface area contributed by atoms with Crippen molar-refractivity contribution in [1.29, 1.82) is 0 Å². The van der Waals surface area contributed by atoms with Gasteiger partial charge >= 0.3 is 0 Å². The monoisotopic (exact) mass is 920 g/mol. The van der Waals surface area contributed by atoms with E-state index in [2.05, 4.69) is 251 Å². The number of para-hydroxylation sites is 2. The van der Waals surface area contributed by atoms with E-state index in [1.807, 2.05) is 0 Å². The van der Waals surface area contributed by atoms with Crippen molar-refractivity contribution in [2.45, 2.75) is 84.5 Å². The Labute approximate surface area is 423 Å². The van der Waals surface area contributed by atoms with Crippen LogP contribution in [0.5, 0.6) is 0 Å². The largest absolute Gasteiger partial charge is 0.314 e. The first-order valence-electron chi connectivity index (χ1n) is 26.1. The van der Waals surface area contributed by atoms with Crippen LogP contribution in [-0.4, -0.2) is 0 Å². The zero-order chi connectivity index (χ0) is 48.3. The Hall–Kier alpha value is -7.48. The Kier molecular flexibility index (Phi) is 13.0. The molecular formula is C70H65N. The number of benzene rings is 7. The van der Waals surface area contributed by atoms with Gasteiger partial charge in [-0.05, 0) is 182 Å². The van der Waals surface area contributed by atoms with Gasteiger partial charge in [-0.2, -0.15) is 0 Å². The van der Waals surface area contributed by atoms with Gasteiger partial charge in [0.05, 0.1) is 0 Å². The van der Waals surface area contributed by atoms with Gasteiger partial charge in [0.15, 0.2) is 0 Å². The first kappa shape index (κ1) is 45.9. The summed E-state index contributed by atoms with van der Waals surface area (Å²) in [6, 6.07) is 56.0. The second kappa shape index (κ2) is 20.1. The Bertz CT molecular complexity index is 3320. The fourth-order valence-corrected chi connectivity index (χ4v) is 11.7. The van der Waals surface area contributed by atoms with Crippen molar-refractivity contribution in [3.63, 3.8) is 0 Å². The Morgan fingerprint density at radius 1 is 0.592 bits per heavy atom. The quantitative estimate of drug-likeness (QED) is 0.0823. The third kappa shape index (κ3) is 9.47. The van der Waals surface area contributed by atoms with Crippen molar-refractivity contribution >= 4 is 69.2 Å². The zero-order valence-electron chi connectivity index (χ0n) is 42.0. The number of hydrogen-bond donors (Lipinski definition) is 0. The summed E-state index contributed by atoms with van der Waals surface area (Å²) in [7, 11) is 0. The number of fused-ring (bicyclic) bond motifs is 5. The van der Waals surface area contributed by atoms with Gasteiger partial charge in [0, 0.05) is 22.5 Å². The van der Waals surface area contributed by atoms with Crippen LogP contribution in [-0.2, 0) is 18.3 Å². The van der Waals surface area contributed by atoms with E-state index in [1.165, 1.54) is 100 Å². The molecule has 0 bridgehead atoms. The average molecular weight is 920 g/mol. The highest BCUT2D eigenvalue weighted by Crippen LogP contribution is 2.52. The molecule has 0 fully saturated rings. The van der Waals surface area contributed by atoms with Gasteiger partial charge in [-0.3, -0.25) is 0 Å². The molecule has 0 N–H and O–H groups in total. The molecule has 1 heteroatoms. The average Bonchev–Trinajstić information content (AvgIpc) is 3.64. The van der Waals surface area contributed by atoms with Crippen LogP contribution in [0.25, 0.3) is 57.9 Å². The van der Waals surface area contributed by atoms with E-state index >= 15 is 0 Å². The molecule has 0 atom stereocenters. The van der Waals surface area contributed by atoms with Crippen LogP contribution in [0.3, 0.4) is 0 Å². The van der Waals surface area contributed by atoms with Crippen LogP contribution in [0.1, 0.15) is 127 Å². The number of allylic oxidation sites excluding steroid dienone is 11. The molecule has 4 aliphatic rings. The Morgan fingerprint density at radius 3 is 1.86 bits per heavy atom. The summed E-state index contributed by atoms with van der Waals surface area (Å²) in [5, 5.41) is 2.79. The minimum absolute atomic E-state index is 0.0906. The summed E-state index contributed by atoms with van der Waals surface area (Å²) in [5.41, 5.74) is 24.6. The molecule has 0 amide bonds. The molecule has 4 aliphatic carbocycles. The van der Waals surface area contributed by atoms with Gasteiger partial charge in [0.2, 0.25) is 0 Å². The number of anilines is 2. The molecule has 7 aromatic rings. The van der Waals surface area contributed by atoms with Crippen molar-refractivity contribution in [2.75, 3.05) is 4.90 Å². The smallest absolute Gasteiger partial charge is 0.0458 e. The lowest BCUT2D eigenvalue weighted by molar-refractivity contribution is 0.648. The Balaban J connectivity index is 0.776. The van der Waals surface area contributed by atoms with E-state index < -0.39 is 0 Å². The van der Waals surface area contributed by atoms with Crippen LogP contribution >= 0.6 is 0 Å². The van der Waals surface area contributed by atoms with Gasteiger partial charge in [-0.1, -0.05) is 216 Å². The van der Waals surface area contributed by atoms with Crippen molar-refractivity contribution in [1.82, 2.24) is 0 Å². The lowest BCUT2D eigenvalue weighted by Crippen LogP contribution is -2.22. The Morgan fingerprint density at radius 2 is 1.21 bits per heavy atom. The zero-order valence-corrected chi connectivity index (χ0v) is 42.0. The van der Waals surface area contributed by atoms with Crippen molar-refractivity contribution in [3.8, 4) is 0 Å². The fraction of sp³-hybridized carbons (Fsp3) is 0.200. The van der Waals surface area contributed by atoms with E-state index in [9.17, 15) is 0 Å². The second-order valence-corrected chi connectivity index (χ2v) is 20.8. The number of rotatable bonds is 13. The maximum absolute atomic E-state index is 2.52. The van der Waals surface area contributed by atoms with Gasteiger partial charge < -0.3 is 4.90 Å². The predicted molar refractivity (Wildman–Crippen MR) is 308 cm³/mol. The molecule has 71 heavy (non-hydrogen) atoms. The van der Waals surface area contributed by atoms with Crippen LogP contribution in [0, 0.1) is 5.92 Å². The third-order valence-corrected chi connectivity index (χ3v) is 15.3. The lowest BCUT2D eigenvalue weighted by atomic mass is 9.77. The van der Waals surface area contributed by atoms with Crippen molar-refractivity contribution in [2.24, 2.45) is 5.92 Å².